The number of hydrogen-bond donors (Lipinski definition) is 2. The van der Waals surface area contributed by atoms with Crippen LogP contribution in [-0.4, -0.2) is 29.2 Å². The second-order valence-electron chi connectivity index (χ2n) is 6.60. The molecule has 0 saturated carbocycles. The van der Waals surface area contributed by atoms with Crippen molar-refractivity contribution in [3.63, 3.8) is 0 Å². The predicted octanol–water partition coefficient (Wildman–Crippen LogP) is 3.78. The monoisotopic (exact) mass is 398 g/mol. The maximum absolute atomic E-state index is 14.8. The topological polar surface area (TPSA) is 73.1 Å². The van der Waals surface area contributed by atoms with Crippen molar-refractivity contribution >= 4 is 19.3 Å². The van der Waals surface area contributed by atoms with Crippen molar-refractivity contribution in [3.8, 4) is 28.1 Å². The third-order valence-corrected chi connectivity index (χ3v) is 4.66. The van der Waals surface area contributed by atoms with Crippen LogP contribution in [0.25, 0.3) is 22.4 Å². The predicted molar refractivity (Wildman–Crippen MR) is 114 cm³/mol. The lowest BCUT2D eigenvalue weighted by molar-refractivity contribution is 0.168. The van der Waals surface area contributed by atoms with E-state index in [0.717, 1.165) is 42.8 Å². The molecule has 2 heterocycles. The standard InChI is InChI=1S/C21H21FN4O.H2S/c22-18-10-14(7-8-17(18)19-12-26-21(23)13-25-19)16-5-1-2-6-20(16)27-15-4-3-9-24-11-15;/h1-2,5-8,10,12-13,15,24H,3-4,9,11H2,(H2,23,26);1H2/t15-;/m0./s1. The van der Waals surface area contributed by atoms with Gasteiger partial charge in [0.2, 0.25) is 0 Å². The molecule has 5 nitrogen and oxygen atoms in total. The van der Waals surface area contributed by atoms with Gasteiger partial charge in [-0.25, -0.2) is 9.37 Å². The highest BCUT2D eigenvalue weighted by Gasteiger charge is 2.17. The van der Waals surface area contributed by atoms with Gasteiger partial charge in [0.25, 0.3) is 0 Å². The van der Waals surface area contributed by atoms with Gasteiger partial charge in [0, 0.05) is 17.7 Å². The zero-order valence-electron chi connectivity index (χ0n) is 15.4. The lowest BCUT2D eigenvalue weighted by atomic mass is 10.0. The lowest BCUT2D eigenvalue weighted by Crippen LogP contribution is -2.37. The molecule has 3 aromatic rings. The molecule has 0 amide bonds. The van der Waals surface area contributed by atoms with Crippen molar-refractivity contribution in [2.24, 2.45) is 0 Å². The van der Waals surface area contributed by atoms with Crippen LogP contribution in [0.2, 0.25) is 0 Å². The molecule has 1 fully saturated rings. The van der Waals surface area contributed by atoms with Gasteiger partial charge in [-0.05, 0) is 43.1 Å². The van der Waals surface area contributed by atoms with Gasteiger partial charge < -0.3 is 15.8 Å². The highest BCUT2D eigenvalue weighted by atomic mass is 32.1. The smallest absolute Gasteiger partial charge is 0.141 e. The summed E-state index contributed by atoms with van der Waals surface area (Å²) < 4.78 is 21.0. The van der Waals surface area contributed by atoms with Crippen LogP contribution >= 0.6 is 13.5 Å². The Morgan fingerprint density at radius 2 is 1.93 bits per heavy atom. The molecule has 0 aliphatic carbocycles. The Kier molecular flexibility index (Phi) is 6.49. The van der Waals surface area contributed by atoms with Crippen LogP contribution < -0.4 is 15.8 Å². The number of nitrogens with two attached hydrogens (primary N) is 1. The summed E-state index contributed by atoms with van der Waals surface area (Å²) in [4.78, 5) is 8.13. The quantitative estimate of drug-likeness (QED) is 0.700. The van der Waals surface area contributed by atoms with Crippen molar-refractivity contribution in [1.29, 1.82) is 0 Å². The minimum absolute atomic E-state index is 0. The van der Waals surface area contributed by atoms with E-state index in [1.807, 2.05) is 30.3 Å². The largest absolute Gasteiger partial charge is 0.488 e. The fraction of sp³-hybridized carbons (Fsp3) is 0.238. The first-order valence-corrected chi connectivity index (χ1v) is 9.05. The summed E-state index contributed by atoms with van der Waals surface area (Å²) in [6.07, 6.45) is 5.14. The molecular formula is C21H23FN4OS. The maximum Gasteiger partial charge on any atom is 0.141 e. The molecule has 1 saturated heterocycles. The van der Waals surface area contributed by atoms with Crippen molar-refractivity contribution in [2.75, 3.05) is 18.8 Å². The Balaban J connectivity index is 0.00000225. The van der Waals surface area contributed by atoms with Gasteiger partial charge in [0.05, 0.1) is 18.1 Å². The Morgan fingerprint density at radius 1 is 1.07 bits per heavy atom. The van der Waals surface area contributed by atoms with Crippen LogP contribution in [0.1, 0.15) is 12.8 Å². The van der Waals surface area contributed by atoms with Gasteiger partial charge in [-0.2, -0.15) is 13.5 Å². The summed E-state index contributed by atoms with van der Waals surface area (Å²) >= 11 is 0. The summed E-state index contributed by atoms with van der Waals surface area (Å²) in [5.74, 6) is 0.713. The van der Waals surface area contributed by atoms with Crippen molar-refractivity contribution in [3.05, 3.63) is 60.7 Å². The molecule has 0 radical (unpaired) electrons. The van der Waals surface area contributed by atoms with E-state index in [1.54, 1.807) is 6.07 Å². The van der Waals surface area contributed by atoms with Gasteiger partial charge in [-0.1, -0.05) is 24.3 Å². The van der Waals surface area contributed by atoms with Gasteiger partial charge in [0.1, 0.15) is 23.5 Å². The van der Waals surface area contributed by atoms with Crippen LogP contribution in [0.5, 0.6) is 5.75 Å². The fourth-order valence-corrected chi connectivity index (χ4v) is 3.28. The summed E-state index contributed by atoms with van der Waals surface area (Å²) in [5, 5.41) is 3.35. The average molecular weight is 399 g/mol. The molecule has 1 aliphatic rings. The fourth-order valence-electron chi connectivity index (χ4n) is 3.28. The minimum Gasteiger partial charge on any atom is -0.488 e. The lowest BCUT2D eigenvalue weighted by Gasteiger charge is -2.25. The first-order chi connectivity index (χ1) is 13.2. The number of benzene rings is 2. The highest BCUT2D eigenvalue weighted by molar-refractivity contribution is 7.59. The third kappa shape index (κ3) is 4.43. The average Bonchev–Trinajstić information content (AvgIpc) is 2.70. The van der Waals surface area contributed by atoms with Gasteiger partial charge in [-0.15, -0.1) is 0 Å². The number of hydrogen-bond acceptors (Lipinski definition) is 5. The van der Waals surface area contributed by atoms with E-state index in [9.17, 15) is 4.39 Å². The normalized spacial score (nSPS) is 16.2. The minimum atomic E-state index is -0.360. The number of nitrogen functional groups attached to an aromatic ring is 1. The second-order valence-corrected chi connectivity index (χ2v) is 6.60. The highest BCUT2D eigenvalue weighted by Crippen LogP contribution is 2.33. The van der Waals surface area contributed by atoms with E-state index in [0.29, 0.717) is 17.1 Å². The zero-order valence-corrected chi connectivity index (χ0v) is 16.4. The maximum atomic E-state index is 14.8. The van der Waals surface area contributed by atoms with E-state index in [-0.39, 0.29) is 25.4 Å². The third-order valence-electron chi connectivity index (χ3n) is 4.66. The summed E-state index contributed by atoms with van der Waals surface area (Å²) in [6, 6.07) is 12.8. The Morgan fingerprint density at radius 3 is 2.64 bits per heavy atom. The van der Waals surface area contributed by atoms with Crippen molar-refractivity contribution in [2.45, 2.75) is 18.9 Å². The molecule has 146 valence electrons. The number of aromatic nitrogens is 2. The Hall–Kier alpha value is -2.64. The molecule has 4 rings (SSSR count). The molecule has 28 heavy (non-hydrogen) atoms. The van der Waals surface area contributed by atoms with E-state index in [2.05, 4.69) is 15.3 Å². The number of halogens is 1. The van der Waals surface area contributed by atoms with Gasteiger partial charge in [-0.3, -0.25) is 4.98 Å². The molecule has 7 heteroatoms. The number of piperidine rings is 1. The SMILES string of the molecule is Nc1cnc(-c2ccc(-c3ccccc3O[C@H]3CCCNC3)cc2F)cn1.S. The molecule has 0 bridgehead atoms. The van der Waals surface area contributed by atoms with Crippen LogP contribution in [0, 0.1) is 5.82 Å². The Bertz CT molecular complexity index is 930. The van der Waals surface area contributed by atoms with E-state index >= 15 is 0 Å². The molecule has 1 atom stereocenters. The molecule has 2 aromatic carbocycles. The Labute approximate surface area is 170 Å². The number of nitrogens with one attached hydrogen (secondary N) is 1. The van der Waals surface area contributed by atoms with Crippen molar-refractivity contribution < 1.29 is 9.13 Å². The number of ether oxygens (including phenoxy) is 1. The summed E-state index contributed by atoms with van der Waals surface area (Å²) in [7, 11) is 0. The second kappa shape index (κ2) is 9.03. The van der Waals surface area contributed by atoms with Gasteiger partial charge in [0.15, 0.2) is 0 Å². The van der Waals surface area contributed by atoms with Crippen LogP contribution in [0.4, 0.5) is 10.2 Å². The van der Waals surface area contributed by atoms with E-state index < -0.39 is 0 Å². The number of rotatable bonds is 4. The van der Waals surface area contributed by atoms with E-state index in [4.69, 9.17) is 10.5 Å². The summed E-state index contributed by atoms with van der Waals surface area (Å²) in [6.45, 7) is 1.86. The molecule has 0 spiro atoms. The van der Waals surface area contributed by atoms with E-state index in [1.165, 1.54) is 18.5 Å². The number of anilines is 1. The first kappa shape index (κ1) is 20.1. The molecule has 1 aliphatic heterocycles. The van der Waals surface area contributed by atoms with Crippen LogP contribution in [0.3, 0.4) is 0 Å². The molecule has 0 unspecified atom stereocenters. The van der Waals surface area contributed by atoms with Crippen LogP contribution in [0.15, 0.2) is 54.9 Å². The molecule has 1 aromatic heterocycles. The first-order valence-electron chi connectivity index (χ1n) is 9.05. The van der Waals surface area contributed by atoms with Gasteiger partial charge >= 0.3 is 0 Å². The van der Waals surface area contributed by atoms with Crippen molar-refractivity contribution in [1.82, 2.24) is 15.3 Å². The molecular weight excluding hydrogens is 375 g/mol. The summed E-state index contributed by atoms with van der Waals surface area (Å²) in [5.41, 5.74) is 8.03. The van der Waals surface area contributed by atoms with Crippen LogP contribution in [-0.2, 0) is 0 Å². The zero-order chi connectivity index (χ0) is 18.6. The number of para-hydroxylation sites is 1. The number of nitrogens with zero attached hydrogens (tertiary/aromatic N) is 2. The molecule has 3 N–H and O–H groups in total.